The highest BCUT2D eigenvalue weighted by atomic mass is 32.2. The van der Waals surface area contributed by atoms with Crippen LogP contribution in [0.1, 0.15) is 29.6 Å². The van der Waals surface area contributed by atoms with E-state index in [1.165, 1.54) is 13.0 Å². The zero-order chi connectivity index (χ0) is 18.4. The molecule has 1 aromatic carbocycles. The number of sulfonamides is 1. The molecule has 3 rings (SSSR count). The van der Waals surface area contributed by atoms with E-state index in [9.17, 15) is 26.0 Å². The number of halogens is 4. The Morgan fingerprint density at radius 3 is 2.64 bits per heavy atom. The van der Waals surface area contributed by atoms with Crippen LogP contribution in [-0.4, -0.2) is 36.0 Å². The third kappa shape index (κ3) is 3.38. The van der Waals surface area contributed by atoms with E-state index in [0.29, 0.717) is 0 Å². The largest absolute Gasteiger partial charge is 0.471 e. The lowest BCUT2D eigenvalue weighted by Gasteiger charge is -2.17. The van der Waals surface area contributed by atoms with Gasteiger partial charge in [-0.2, -0.15) is 22.5 Å². The van der Waals surface area contributed by atoms with Crippen molar-refractivity contribution in [2.75, 3.05) is 13.1 Å². The lowest BCUT2D eigenvalue weighted by molar-refractivity contribution is -0.159. The summed E-state index contributed by atoms with van der Waals surface area (Å²) in [7, 11) is -3.89. The maximum Gasteiger partial charge on any atom is 0.471 e. The van der Waals surface area contributed by atoms with Crippen molar-refractivity contribution in [3.05, 3.63) is 41.3 Å². The van der Waals surface area contributed by atoms with Crippen molar-refractivity contribution in [1.29, 1.82) is 0 Å². The number of nitrogens with zero attached hydrogens (tertiary/aromatic N) is 3. The van der Waals surface area contributed by atoms with Gasteiger partial charge in [-0.15, -0.1) is 0 Å². The van der Waals surface area contributed by atoms with Gasteiger partial charge in [-0.05, 0) is 37.1 Å². The second-order valence-electron chi connectivity index (χ2n) is 5.71. The SMILES string of the molecule is Cc1cc(F)ccc1S(=O)(=O)N1CC[C@H](c2noc(C(F)(F)F)n2)C1. The average Bonchev–Trinajstić information content (AvgIpc) is 3.15. The fraction of sp³-hybridized carbons (Fsp3) is 0.429. The minimum atomic E-state index is -4.75. The topological polar surface area (TPSA) is 76.3 Å². The van der Waals surface area contributed by atoms with Crippen molar-refractivity contribution in [1.82, 2.24) is 14.4 Å². The number of alkyl halides is 3. The van der Waals surface area contributed by atoms with E-state index >= 15 is 0 Å². The van der Waals surface area contributed by atoms with E-state index in [4.69, 9.17) is 0 Å². The molecule has 0 N–H and O–H groups in total. The highest BCUT2D eigenvalue weighted by molar-refractivity contribution is 7.89. The summed E-state index contributed by atoms with van der Waals surface area (Å²) >= 11 is 0. The van der Waals surface area contributed by atoms with Gasteiger partial charge >= 0.3 is 12.1 Å². The molecule has 1 fully saturated rings. The van der Waals surface area contributed by atoms with E-state index in [-0.39, 0.29) is 35.8 Å². The Labute approximate surface area is 140 Å². The van der Waals surface area contributed by atoms with Crippen molar-refractivity contribution in [3.8, 4) is 0 Å². The quantitative estimate of drug-likeness (QED) is 0.767. The lowest BCUT2D eigenvalue weighted by Crippen LogP contribution is -2.29. The number of hydrogen-bond donors (Lipinski definition) is 0. The zero-order valence-electron chi connectivity index (χ0n) is 12.9. The molecule has 0 spiro atoms. The maximum absolute atomic E-state index is 13.2. The van der Waals surface area contributed by atoms with Crippen molar-refractivity contribution in [2.24, 2.45) is 0 Å². The molecular formula is C14H13F4N3O3S. The molecular weight excluding hydrogens is 366 g/mol. The molecule has 1 aliphatic rings. The minimum absolute atomic E-state index is 0.0429. The Kier molecular flexibility index (Phi) is 4.31. The van der Waals surface area contributed by atoms with Gasteiger partial charge in [0, 0.05) is 19.0 Å². The van der Waals surface area contributed by atoms with Gasteiger partial charge in [0.2, 0.25) is 10.0 Å². The van der Waals surface area contributed by atoms with Gasteiger partial charge in [-0.3, -0.25) is 0 Å². The van der Waals surface area contributed by atoms with Crippen LogP contribution in [0.2, 0.25) is 0 Å². The van der Waals surface area contributed by atoms with Crippen LogP contribution < -0.4 is 0 Å². The predicted molar refractivity (Wildman–Crippen MR) is 76.6 cm³/mol. The molecule has 2 aromatic rings. The van der Waals surface area contributed by atoms with Crippen LogP contribution in [0.5, 0.6) is 0 Å². The van der Waals surface area contributed by atoms with Gasteiger partial charge in [0.25, 0.3) is 0 Å². The molecule has 1 aromatic heterocycles. The number of aromatic nitrogens is 2. The first kappa shape index (κ1) is 17.8. The van der Waals surface area contributed by atoms with E-state index in [0.717, 1.165) is 16.4 Å². The highest BCUT2D eigenvalue weighted by Crippen LogP contribution is 2.33. The Morgan fingerprint density at radius 1 is 1.32 bits per heavy atom. The van der Waals surface area contributed by atoms with Gasteiger partial charge < -0.3 is 4.52 Å². The molecule has 6 nitrogen and oxygen atoms in total. The first-order valence-corrected chi connectivity index (χ1v) is 8.70. The summed E-state index contributed by atoms with van der Waals surface area (Å²) < 4.78 is 81.4. The maximum atomic E-state index is 13.2. The molecule has 2 heterocycles. The molecule has 1 aliphatic heterocycles. The summed E-state index contributed by atoms with van der Waals surface area (Å²) in [6.45, 7) is 1.49. The molecule has 0 radical (unpaired) electrons. The predicted octanol–water partition coefficient (Wildman–Crippen LogP) is 2.71. The monoisotopic (exact) mass is 379 g/mol. The fourth-order valence-corrected chi connectivity index (χ4v) is 4.42. The van der Waals surface area contributed by atoms with Crippen molar-refractivity contribution < 1.29 is 30.5 Å². The molecule has 1 atom stereocenters. The number of benzene rings is 1. The van der Waals surface area contributed by atoms with Crippen LogP contribution in [0, 0.1) is 12.7 Å². The second-order valence-corrected chi connectivity index (χ2v) is 7.62. The summed E-state index contributed by atoms with van der Waals surface area (Å²) in [6.07, 6.45) is -4.49. The fourth-order valence-electron chi connectivity index (χ4n) is 2.71. The standard InChI is InChI=1S/C14H13F4N3O3S/c1-8-6-10(15)2-3-11(8)25(22,23)21-5-4-9(7-21)12-19-13(24-20-12)14(16,17)18/h2-3,6,9H,4-5,7H2,1H3/t9-/m0/s1. The summed E-state index contributed by atoms with van der Waals surface area (Å²) in [6, 6.07) is 3.32. The van der Waals surface area contributed by atoms with Crippen molar-refractivity contribution >= 4 is 10.0 Å². The number of hydrogen-bond acceptors (Lipinski definition) is 5. The Hall–Kier alpha value is -2.01. The summed E-state index contributed by atoms with van der Waals surface area (Å²) in [5.74, 6) is -2.79. The van der Waals surface area contributed by atoms with Crippen LogP contribution in [0.15, 0.2) is 27.6 Å². The third-order valence-corrected chi connectivity index (χ3v) is 5.98. The normalized spacial score (nSPS) is 19.5. The van der Waals surface area contributed by atoms with Gasteiger partial charge in [0.1, 0.15) is 5.82 Å². The zero-order valence-corrected chi connectivity index (χ0v) is 13.7. The molecule has 1 saturated heterocycles. The smallest absolute Gasteiger partial charge is 0.329 e. The van der Waals surface area contributed by atoms with Crippen LogP contribution in [0.3, 0.4) is 0 Å². The molecule has 0 unspecified atom stereocenters. The van der Waals surface area contributed by atoms with Crippen LogP contribution >= 0.6 is 0 Å². The Bertz CT molecular complexity index is 895. The number of rotatable bonds is 3. The molecule has 0 saturated carbocycles. The molecule has 0 amide bonds. The molecule has 25 heavy (non-hydrogen) atoms. The molecule has 0 bridgehead atoms. The van der Waals surface area contributed by atoms with Gasteiger partial charge in [-0.25, -0.2) is 12.8 Å². The van der Waals surface area contributed by atoms with E-state index in [2.05, 4.69) is 14.7 Å². The van der Waals surface area contributed by atoms with Crippen LogP contribution in [0.4, 0.5) is 17.6 Å². The third-order valence-electron chi connectivity index (χ3n) is 3.96. The summed E-state index contributed by atoms with van der Waals surface area (Å²) in [4.78, 5) is 3.27. The van der Waals surface area contributed by atoms with Crippen molar-refractivity contribution in [3.63, 3.8) is 0 Å². The Balaban J connectivity index is 1.81. The molecule has 0 aliphatic carbocycles. The first-order chi connectivity index (χ1) is 11.6. The minimum Gasteiger partial charge on any atom is -0.329 e. The van der Waals surface area contributed by atoms with E-state index in [1.54, 1.807) is 0 Å². The van der Waals surface area contributed by atoms with Crippen LogP contribution in [-0.2, 0) is 16.2 Å². The van der Waals surface area contributed by atoms with Gasteiger partial charge in [0.05, 0.1) is 4.90 Å². The lowest BCUT2D eigenvalue weighted by atomic mass is 10.1. The van der Waals surface area contributed by atoms with Gasteiger partial charge in [-0.1, -0.05) is 5.16 Å². The Morgan fingerprint density at radius 2 is 2.04 bits per heavy atom. The number of aryl methyl sites for hydroxylation is 1. The summed E-state index contributed by atoms with van der Waals surface area (Å²) in [5.41, 5.74) is 0.252. The van der Waals surface area contributed by atoms with Crippen LogP contribution in [0.25, 0.3) is 0 Å². The first-order valence-electron chi connectivity index (χ1n) is 7.26. The van der Waals surface area contributed by atoms with E-state index in [1.807, 2.05) is 0 Å². The molecule has 136 valence electrons. The van der Waals surface area contributed by atoms with Crippen molar-refractivity contribution in [2.45, 2.75) is 30.3 Å². The van der Waals surface area contributed by atoms with Gasteiger partial charge in [0.15, 0.2) is 5.82 Å². The molecule has 11 heteroatoms. The summed E-state index contributed by atoms with van der Waals surface area (Å²) in [5, 5.41) is 3.31. The second kappa shape index (κ2) is 6.06. The van der Waals surface area contributed by atoms with E-state index < -0.39 is 33.8 Å². The highest BCUT2D eigenvalue weighted by Gasteiger charge is 2.41. The average molecular weight is 379 g/mol.